The zero-order valence-corrected chi connectivity index (χ0v) is 37.6. The molecule has 0 bridgehead atoms. The van der Waals surface area contributed by atoms with Gasteiger partial charge in [-0.3, -0.25) is 14.4 Å². The second-order valence-corrected chi connectivity index (χ2v) is 14.8. The van der Waals surface area contributed by atoms with E-state index >= 15 is 0 Å². The van der Waals surface area contributed by atoms with E-state index < -0.39 is 30.0 Å². The highest BCUT2D eigenvalue weighted by molar-refractivity contribution is 5.95. The first kappa shape index (κ1) is 52.8. The summed E-state index contributed by atoms with van der Waals surface area (Å²) in [5.74, 6) is 0.104. The lowest BCUT2D eigenvalue weighted by atomic mass is 9.90. The highest BCUT2D eigenvalue weighted by Gasteiger charge is 2.34. The molecule has 1 atom stereocenters. The molecule has 1 heterocycles. The molecule has 0 saturated heterocycles. The Hall–Kier alpha value is -7.36. The van der Waals surface area contributed by atoms with Crippen molar-refractivity contribution < 1.29 is 57.9 Å². The predicted molar refractivity (Wildman–Crippen MR) is 241 cm³/mol. The van der Waals surface area contributed by atoms with Crippen molar-refractivity contribution in [2.75, 3.05) is 13.2 Å². The molecule has 344 valence electrons. The summed E-state index contributed by atoms with van der Waals surface area (Å²) in [5, 5.41) is 25.4. The van der Waals surface area contributed by atoms with Gasteiger partial charge in [0.25, 0.3) is 0 Å². The van der Waals surface area contributed by atoms with Gasteiger partial charge in [0.05, 0.1) is 30.4 Å². The number of benzene rings is 4. The maximum absolute atomic E-state index is 12.3. The maximum Gasteiger partial charge on any atom is 0.338 e. The number of nitrogens with two attached hydrogens (primary N) is 2. The highest BCUT2D eigenvalue weighted by Crippen LogP contribution is 2.39. The van der Waals surface area contributed by atoms with Crippen LogP contribution >= 0.6 is 0 Å². The van der Waals surface area contributed by atoms with Gasteiger partial charge in [0, 0.05) is 23.4 Å². The predicted octanol–water partition coefficient (Wildman–Crippen LogP) is 7.75. The van der Waals surface area contributed by atoms with E-state index in [2.05, 4.69) is 40.7 Å². The summed E-state index contributed by atoms with van der Waals surface area (Å²) in [7, 11) is 0. The first-order valence-corrected chi connectivity index (χ1v) is 20.5. The average molecular weight is 885 g/mol. The molecule has 5 rings (SSSR count). The molecule has 0 spiro atoms. The van der Waals surface area contributed by atoms with Gasteiger partial charge in [-0.05, 0) is 73.9 Å². The number of hydrogen-bond donors (Lipinski definition) is 6. The van der Waals surface area contributed by atoms with E-state index in [1.165, 1.54) is 13.0 Å². The minimum absolute atomic E-state index is 0.00196. The van der Waals surface area contributed by atoms with Crippen LogP contribution in [0.25, 0.3) is 0 Å². The van der Waals surface area contributed by atoms with Crippen molar-refractivity contribution in [1.82, 2.24) is 10.6 Å². The number of amides is 4. The van der Waals surface area contributed by atoms with E-state index in [4.69, 9.17) is 19.0 Å². The third-order valence-electron chi connectivity index (χ3n) is 8.94. The van der Waals surface area contributed by atoms with Gasteiger partial charge in [-0.25, -0.2) is 14.4 Å². The van der Waals surface area contributed by atoms with Crippen LogP contribution in [0.4, 0.5) is 9.59 Å². The number of ketones is 1. The van der Waals surface area contributed by atoms with Crippen LogP contribution in [-0.4, -0.2) is 59.5 Å². The van der Waals surface area contributed by atoms with E-state index in [0.717, 1.165) is 28.7 Å². The summed E-state index contributed by atoms with van der Waals surface area (Å²) in [6.07, 6.45) is 0.737. The Morgan fingerprint density at radius 2 is 1.27 bits per heavy atom. The topological polar surface area (TPSA) is 256 Å². The molecule has 4 aromatic carbocycles. The number of nitrogens with one attached hydrogen (secondary N) is 2. The van der Waals surface area contributed by atoms with E-state index in [-0.39, 0.29) is 47.7 Å². The summed E-state index contributed by atoms with van der Waals surface area (Å²) in [4.78, 5) is 65.4. The van der Waals surface area contributed by atoms with E-state index in [0.29, 0.717) is 48.0 Å². The number of primary amides is 2. The lowest BCUT2D eigenvalue weighted by Crippen LogP contribution is -2.45. The van der Waals surface area contributed by atoms with Crippen LogP contribution in [0.15, 0.2) is 96.2 Å². The number of aldehydes is 1. The smallest absolute Gasteiger partial charge is 0.338 e. The number of Topliss-reactive ketones (excluding diaryl/α,β-unsaturated/α-hetero) is 1. The molecule has 8 N–H and O–H groups in total. The zero-order valence-electron chi connectivity index (χ0n) is 37.6. The number of rotatable bonds is 15. The van der Waals surface area contributed by atoms with Gasteiger partial charge in [-0.15, -0.1) is 0 Å². The van der Waals surface area contributed by atoms with Crippen molar-refractivity contribution in [2.24, 2.45) is 11.5 Å². The van der Waals surface area contributed by atoms with Gasteiger partial charge in [-0.1, -0.05) is 88.4 Å². The molecular formula is C48H60N4O12. The summed E-state index contributed by atoms with van der Waals surface area (Å²) in [6.45, 7) is 15.7. The second-order valence-electron chi connectivity index (χ2n) is 14.8. The highest BCUT2D eigenvalue weighted by atomic mass is 16.5. The normalized spacial score (nSPS) is 12.7. The van der Waals surface area contributed by atoms with Gasteiger partial charge >= 0.3 is 24.0 Å². The van der Waals surface area contributed by atoms with Crippen LogP contribution < -0.4 is 31.6 Å². The van der Waals surface area contributed by atoms with Crippen LogP contribution in [0.1, 0.15) is 118 Å². The Kier molecular flexibility index (Phi) is 22.2. The summed E-state index contributed by atoms with van der Waals surface area (Å²) in [5.41, 5.74) is 13.7. The number of allylic oxidation sites excluding steroid dienone is 1. The number of aromatic hydroxyl groups is 2. The Labute approximate surface area is 373 Å². The first-order valence-electron chi connectivity index (χ1n) is 20.5. The molecule has 0 fully saturated rings. The van der Waals surface area contributed by atoms with Gasteiger partial charge in [0.1, 0.15) is 48.4 Å². The Morgan fingerprint density at radius 3 is 1.73 bits per heavy atom. The fourth-order valence-corrected chi connectivity index (χ4v) is 5.99. The van der Waals surface area contributed by atoms with E-state index in [1.807, 2.05) is 86.6 Å². The van der Waals surface area contributed by atoms with Crippen LogP contribution in [-0.2, 0) is 37.1 Å². The van der Waals surface area contributed by atoms with Crippen molar-refractivity contribution in [3.63, 3.8) is 0 Å². The Balaban J connectivity index is 0.000000348. The molecule has 4 amide bonds. The number of hydrogen-bond acceptors (Lipinski definition) is 12. The lowest BCUT2D eigenvalue weighted by molar-refractivity contribution is -0.145. The minimum Gasteiger partial charge on any atom is -0.508 e. The van der Waals surface area contributed by atoms with Crippen molar-refractivity contribution in [3.8, 4) is 23.0 Å². The van der Waals surface area contributed by atoms with Crippen LogP contribution in [0.2, 0.25) is 0 Å². The Morgan fingerprint density at radius 1 is 0.750 bits per heavy atom. The SMILES string of the molecule is CC(C)c1cc(C=O)c(OCc2ccccc2)cc1OCc1ccccc1.CCOC(=O)C1=C(C)NC(=O)NC1c1cc(C(C)C)c(O)cc1O.CCOC(=O)CC(C)=O.NC(N)=O. The number of esters is 2. The number of phenolic OH excluding ortho intramolecular Hbond substituents is 2. The molecule has 4 aromatic rings. The molecule has 1 aliphatic heterocycles. The molecule has 1 aliphatic rings. The van der Waals surface area contributed by atoms with E-state index in [9.17, 15) is 34.2 Å². The summed E-state index contributed by atoms with van der Waals surface area (Å²) in [6, 6.07) is 24.3. The first-order chi connectivity index (χ1) is 30.3. The number of ether oxygens (including phenoxy) is 4. The summed E-state index contributed by atoms with van der Waals surface area (Å²) >= 11 is 0. The Bertz CT molecular complexity index is 2220. The average Bonchev–Trinajstić information content (AvgIpc) is 3.22. The molecule has 0 saturated carbocycles. The molecule has 0 radical (unpaired) electrons. The van der Waals surface area contributed by atoms with Gasteiger partial charge in [0.2, 0.25) is 0 Å². The van der Waals surface area contributed by atoms with Gasteiger partial charge in [-0.2, -0.15) is 0 Å². The van der Waals surface area contributed by atoms with Gasteiger partial charge < -0.3 is 51.3 Å². The lowest BCUT2D eigenvalue weighted by Gasteiger charge is -2.29. The number of phenols is 2. The monoisotopic (exact) mass is 884 g/mol. The fraction of sp³-hybridized carbons (Fsp3) is 0.333. The largest absolute Gasteiger partial charge is 0.508 e. The van der Waals surface area contributed by atoms with Crippen molar-refractivity contribution in [2.45, 2.75) is 92.9 Å². The molecule has 16 nitrogen and oxygen atoms in total. The van der Waals surface area contributed by atoms with Crippen molar-refractivity contribution >= 4 is 36.1 Å². The third-order valence-corrected chi connectivity index (χ3v) is 8.94. The number of urea groups is 2. The van der Waals surface area contributed by atoms with E-state index in [1.54, 1.807) is 26.8 Å². The van der Waals surface area contributed by atoms with Crippen LogP contribution in [0.5, 0.6) is 23.0 Å². The van der Waals surface area contributed by atoms with Crippen LogP contribution in [0.3, 0.4) is 0 Å². The quantitative estimate of drug-likeness (QED) is 0.0381. The minimum atomic E-state index is -0.865. The molecule has 64 heavy (non-hydrogen) atoms. The summed E-state index contributed by atoms with van der Waals surface area (Å²) < 4.78 is 21.6. The standard InChI is InChI=1S/C24H24O3.C17H22N2O5.C6H10O3.CH4N2O/c1-18(2)22-13-21(15-25)23(26-16-19-9-5-3-6-10-19)14-24(22)27-17-20-11-7-4-8-12-20;1-5-24-16(22)14-9(4)18-17(23)19-15(14)11-6-10(8(2)3)12(20)7-13(11)21;1-3-9-6(8)4-5(2)7;2-1(3)4/h3-15,18H,16-17H2,1-2H3;6-8,15,20-21H,5H2,1-4H3,(H2,18,19,23);3-4H2,1-2H3;(H4,2,3,4). The second kappa shape index (κ2) is 26.9. The fourth-order valence-electron chi connectivity index (χ4n) is 5.99. The molecule has 1 unspecified atom stereocenters. The third kappa shape index (κ3) is 17.6. The van der Waals surface area contributed by atoms with Gasteiger partial charge in [0.15, 0.2) is 6.29 Å². The molecule has 16 heteroatoms. The molecular weight excluding hydrogens is 825 g/mol. The molecule has 0 aliphatic carbocycles. The number of carbonyl (C=O) groups is 6. The number of carbonyl (C=O) groups excluding carboxylic acids is 6. The maximum atomic E-state index is 12.3. The van der Waals surface area contributed by atoms with Crippen LogP contribution in [0, 0.1) is 0 Å². The molecule has 0 aromatic heterocycles. The zero-order chi connectivity index (χ0) is 47.9. The van der Waals surface area contributed by atoms with Crippen molar-refractivity contribution in [1.29, 1.82) is 0 Å². The van der Waals surface area contributed by atoms with Crippen molar-refractivity contribution in [3.05, 3.63) is 130 Å².